The van der Waals surface area contributed by atoms with E-state index in [1.807, 2.05) is 68.7 Å². The van der Waals surface area contributed by atoms with Crippen molar-refractivity contribution in [1.29, 1.82) is 0 Å². The quantitative estimate of drug-likeness (QED) is 0.481. The molecule has 1 aliphatic carbocycles. The Bertz CT molecular complexity index is 316. The van der Waals surface area contributed by atoms with E-state index in [9.17, 15) is 4.79 Å². The Hall–Kier alpha value is -1.11. The molecule has 0 N–H and O–H groups in total. The number of hydrogen-bond acceptors (Lipinski definition) is 1. The van der Waals surface area contributed by atoms with Gasteiger partial charge in [0, 0.05) is 0 Å². The fraction of sp³-hybridized carbons (Fsp3) is 0.125. The van der Waals surface area contributed by atoms with Gasteiger partial charge in [0.2, 0.25) is 0 Å². The molecule has 0 aromatic heterocycles. The van der Waals surface area contributed by atoms with Crippen LogP contribution >= 0.6 is 0 Å². The van der Waals surface area contributed by atoms with Crippen LogP contribution in [0.15, 0.2) is 30.3 Å². The molecule has 0 amide bonds. The summed E-state index contributed by atoms with van der Waals surface area (Å²) >= 11 is 0. The molecule has 1 aromatic rings. The first kappa shape index (κ1) is 23.9. The van der Waals surface area contributed by atoms with Crippen LogP contribution in [0.3, 0.4) is 0 Å². The minimum atomic E-state index is 0. The van der Waals surface area contributed by atoms with Crippen molar-refractivity contribution in [3.63, 3.8) is 0 Å². The van der Waals surface area contributed by atoms with Gasteiger partial charge in [-0.05, 0) is 32.1 Å². The summed E-state index contributed by atoms with van der Waals surface area (Å²) in [6.07, 6.45) is 13.2. The zero-order chi connectivity index (χ0) is 14.8. The molecule has 0 saturated heterocycles. The maximum atomic E-state index is 9.85. The fourth-order valence-corrected chi connectivity index (χ4v) is 1.16. The molecule has 0 spiro atoms. The predicted molar refractivity (Wildman–Crippen MR) is 69.8 cm³/mol. The van der Waals surface area contributed by atoms with Crippen LogP contribution in [0.5, 0.6) is 0 Å². The summed E-state index contributed by atoms with van der Waals surface area (Å²) in [4.78, 5) is 9.85. The van der Waals surface area contributed by atoms with Crippen LogP contribution in [0.1, 0.15) is 12.0 Å². The third-order valence-electron chi connectivity index (χ3n) is 1.91. The molecule has 1 saturated carbocycles. The molecule has 0 unspecified atom stereocenters. The average molecular weight is 310 g/mol. The number of benzene rings is 1. The monoisotopic (exact) mass is 310 g/mol. The molecule has 1 fully saturated rings. The summed E-state index contributed by atoms with van der Waals surface area (Å²) in [5, 5.41) is 0. The van der Waals surface area contributed by atoms with Gasteiger partial charge in [-0.1, -0.05) is 42.3 Å². The maximum Gasteiger partial charge on any atom is 2.00 e. The van der Waals surface area contributed by atoms with Gasteiger partial charge in [-0.3, -0.25) is 6.29 Å². The Morgan fingerprint density at radius 3 is 1.60 bits per heavy atom. The molecule has 1 aromatic carbocycles. The molecule has 3 nitrogen and oxygen atoms in total. The van der Waals surface area contributed by atoms with Crippen LogP contribution in [-0.2, 0) is 37.6 Å². The normalized spacial score (nSPS) is 10.8. The van der Waals surface area contributed by atoms with Crippen LogP contribution < -0.4 is 0 Å². The second-order valence-corrected chi connectivity index (χ2v) is 3.09. The van der Waals surface area contributed by atoms with Crippen molar-refractivity contribution in [1.82, 2.24) is 0 Å². The summed E-state index contributed by atoms with van der Waals surface area (Å²) in [5.74, 6) is 0. The van der Waals surface area contributed by atoms with Crippen molar-refractivity contribution in [2.45, 2.75) is 12.8 Å². The minimum absolute atomic E-state index is 0. The van der Waals surface area contributed by atoms with Crippen LogP contribution in [0.4, 0.5) is 0 Å². The van der Waals surface area contributed by atoms with Gasteiger partial charge in [0.25, 0.3) is 0 Å². The summed E-state index contributed by atoms with van der Waals surface area (Å²) < 4.78 is 15.0. The van der Waals surface area contributed by atoms with Crippen LogP contribution in [0.2, 0.25) is 0 Å². The van der Waals surface area contributed by atoms with Gasteiger partial charge < -0.3 is 4.79 Å². The molecule has 20 heavy (non-hydrogen) atoms. The first-order valence-electron chi connectivity index (χ1n) is 5.40. The van der Waals surface area contributed by atoms with Gasteiger partial charge in [0.15, 0.2) is 0 Å². The van der Waals surface area contributed by atoms with Crippen LogP contribution in [-0.4, -0.2) is 6.29 Å². The van der Waals surface area contributed by atoms with Gasteiger partial charge >= 0.3 is 39.7 Å². The summed E-state index contributed by atoms with van der Waals surface area (Å²) in [6, 6.07) is 9.93. The first-order chi connectivity index (χ1) is 9.43. The average Bonchev–Trinajstić information content (AvgIpc) is 3.10. The van der Waals surface area contributed by atoms with Gasteiger partial charge in [-0.25, -0.2) is 0 Å². The SMILES string of the molecule is O=[C-]CCc1ccccc1.[C-]#[O+].[C-]#[O+].[CH]1[CH][CH][CH][CH]1.[Fe+2]. The van der Waals surface area contributed by atoms with Crippen molar-refractivity contribution >= 4 is 6.29 Å². The van der Waals surface area contributed by atoms with E-state index < -0.39 is 0 Å². The summed E-state index contributed by atoms with van der Waals surface area (Å²) in [5.41, 5.74) is 1.20. The zero-order valence-electron chi connectivity index (χ0n) is 10.8. The third-order valence-corrected chi connectivity index (χ3v) is 1.91. The third kappa shape index (κ3) is 16.9. The predicted octanol–water partition coefficient (Wildman–Crippen LogP) is 2.67. The van der Waals surface area contributed by atoms with Crippen molar-refractivity contribution in [3.8, 4) is 0 Å². The van der Waals surface area contributed by atoms with E-state index in [4.69, 9.17) is 9.30 Å². The maximum absolute atomic E-state index is 9.85. The Balaban J connectivity index is -0.000000246. The molecular weight excluding hydrogens is 296 g/mol. The van der Waals surface area contributed by atoms with Crippen molar-refractivity contribution < 1.29 is 31.2 Å². The van der Waals surface area contributed by atoms with Crippen molar-refractivity contribution in [3.05, 3.63) is 81.3 Å². The van der Waals surface area contributed by atoms with Crippen molar-refractivity contribution in [2.75, 3.05) is 0 Å². The molecule has 1 aliphatic rings. The topological polar surface area (TPSA) is 56.9 Å². The molecule has 0 heterocycles. The second kappa shape index (κ2) is 23.0. The van der Waals surface area contributed by atoms with Gasteiger partial charge in [-0.15, -0.1) is 6.42 Å². The molecule has 5 radical (unpaired) electrons. The van der Waals surface area contributed by atoms with E-state index in [1.165, 1.54) is 5.56 Å². The van der Waals surface area contributed by atoms with Gasteiger partial charge in [0.1, 0.15) is 0 Å². The Labute approximate surface area is 132 Å². The van der Waals surface area contributed by atoms with Crippen molar-refractivity contribution in [2.24, 2.45) is 0 Å². The minimum Gasteiger partial charge on any atom is -0.0312 e. The number of rotatable bonds is 3. The zero-order valence-corrected chi connectivity index (χ0v) is 11.9. The largest absolute Gasteiger partial charge is 2.00 e. The van der Waals surface area contributed by atoms with Gasteiger partial charge in [-0.2, -0.15) is 0 Å². The molecule has 0 aliphatic heterocycles. The number of carbonyl (C=O) groups excluding carboxylic acids is 1. The Morgan fingerprint density at radius 1 is 0.850 bits per heavy atom. The van der Waals surface area contributed by atoms with Crippen LogP contribution in [0, 0.1) is 45.4 Å². The van der Waals surface area contributed by atoms with E-state index in [1.54, 1.807) is 0 Å². The van der Waals surface area contributed by atoms with E-state index in [0.717, 1.165) is 6.42 Å². The number of hydrogen-bond donors (Lipinski definition) is 0. The van der Waals surface area contributed by atoms with Crippen LogP contribution in [0.25, 0.3) is 0 Å². The Morgan fingerprint density at radius 2 is 1.25 bits per heavy atom. The molecular formula is C16H14FeO3+. The molecule has 2 rings (SSSR count). The summed E-state index contributed by atoms with van der Waals surface area (Å²) in [6.45, 7) is 9.00. The molecule has 4 heteroatoms. The van der Waals surface area contributed by atoms with E-state index in [0.29, 0.717) is 6.42 Å². The molecule has 0 atom stereocenters. The Kier molecular flexibility index (Phi) is 27.6. The van der Waals surface area contributed by atoms with E-state index in [2.05, 4.69) is 13.3 Å². The summed E-state index contributed by atoms with van der Waals surface area (Å²) in [7, 11) is 0. The fourth-order valence-electron chi connectivity index (χ4n) is 1.16. The smallest absolute Gasteiger partial charge is 0.0312 e. The first-order valence-corrected chi connectivity index (χ1v) is 5.40. The van der Waals surface area contributed by atoms with Gasteiger partial charge in [0.05, 0.1) is 0 Å². The number of aryl methyl sites for hydroxylation is 1. The molecule has 0 bridgehead atoms. The van der Waals surface area contributed by atoms with E-state index in [-0.39, 0.29) is 17.1 Å². The standard InChI is InChI=1S/C9H9O.C5H5.2CO.Fe/c10-8-4-7-9-5-2-1-3-6-9;1-2-4-5-3-1;2*1-2;/h1-3,5-6H,4,7H2;1-5H;;;/q-1;;;;+2. The second-order valence-electron chi connectivity index (χ2n) is 3.09. The van der Waals surface area contributed by atoms with E-state index >= 15 is 0 Å². The molecule has 103 valence electrons.